The van der Waals surface area contributed by atoms with Gasteiger partial charge in [-0.1, -0.05) is 26.0 Å². The molecule has 0 aliphatic carbocycles. The van der Waals surface area contributed by atoms with Crippen LogP contribution in [0.25, 0.3) is 0 Å². The third kappa shape index (κ3) is 8.33. The van der Waals surface area contributed by atoms with Crippen molar-refractivity contribution in [3.05, 3.63) is 48.1 Å². The molecule has 1 atom stereocenters. The number of benzene rings is 1. The van der Waals surface area contributed by atoms with E-state index in [2.05, 4.69) is 59.2 Å². The second-order valence-corrected chi connectivity index (χ2v) is 7.33. The maximum Gasteiger partial charge on any atom is 0.192 e. The van der Waals surface area contributed by atoms with E-state index in [0.717, 1.165) is 41.6 Å². The Hall–Kier alpha value is -2.30. The minimum absolute atomic E-state index is 0. The Bertz CT molecular complexity index is 868. The van der Waals surface area contributed by atoms with Gasteiger partial charge in [0.15, 0.2) is 23.3 Å². The second kappa shape index (κ2) is 14.7. The van der Waals surface area contributed by atoms with E-state index in [1.54, 1.807) is 6.08 Å². The summed E-state index contributed by atoms with van der Waals surface area (Å²) in [4.78, 5) is 4.67. The van der Waals surface area contributed by atoms with Crippen LogP contribution < -0.4 is 20.1 Å². The fourth-order valence-corrected chi connectivity index (χ4v) is 2.80. The summed E-state index contributed by atoms with van der Waals surface area (Å²) >= 11 is 0. The molecule has 0 aliphatic rings. The predicted molar refractivity (Wildman–Crippen MR) is 140 cm³/mol. The molecule has 0 saturated heterocycles. The molecule has 0 amide bonds. The lowest BCUT2D eigenvalue weighted by Gasteiger charge is -2.20. The molecule has 1 heterocycles. The summed E-state index contributed by atoms with van der Waals surface area (Å²) in [7, 11) is 1.94. The first-order valence-corrected chi connectivity index (χ1v) is 10.9. The van der Waals surface area contributed by atoms with Crippen molar-refractivity contribution in [1.82, 2.24) is 25.4 Å². The van der Waals surface area contributed by atoms with Crippen LogP contribution in [0.2, 0.25) is 0 Å². The topological polar surface area (TPSA) is 85.6 Å². The van der Waals surface area contributed by atoms with Gasteiger partial charge >= 0.3 is 0 Å². The van der Waals surface area contributed by atoms with Gasteiger partial charge in [-0.25, -0.2) is 4.99 Å². The molecule has 1 aromatic heterocycles. The largest absolute Gasteiger partial charge is 0.490 e. The molecule has 0 spiro atoms. The maximum atomic E-state index is 5.94. The molecule has 1 unspecified atom stereocenters. The average molecular weight is 556 g/mol. The molecule has 2 N–H and O–H groups in total. The van der Waals surface area contributed by atoms with Crippen LogP contribution in [-0.2, 0) is 13.6 Å². The minimum atomic E-state index is 0. The first kappa shape index (κ1) is 27.7. The molecular weight excluding hydrogens is 519 g/mol. The van der Waals surface area contributed by atoms with Gasteiger partial charge in [-0.2, -0.15) is 0 Å². The molecule has 0 saturated carbocycles. The van der Waals surface area contributed by atoms with Crippen LogP contribution in [0.5, 0.6) is 11.5 Å². The van der Waals surface area contributed by atoms with E-state index in [-0.39, 0.29) is 30.0 Å². The standard InChI is InChI=1S/C23H36N6O2.HI/c1-7-12-24-23(25-16-22-28-27-18(5)29(22)6)26-17(4)19-10-11-20(30-13-8-2)21(15-19)31-14-9-3;/h7,10-11,15,17H,1,8-9,12-14,16H2,2-6H3,(H2,24,25,26);1H. The summed E-state index contributed by atoms with van der Waals surface area (Å²) in [6, 6.07) is 6.07. The number of halogens is 1. The molecular formula is C23H37IN6O2. The molecule has 0 radical (unpaired) electrons. The Morgan fingerprint density at radius 2 is 1.88 bits per heavy atom. The summed E-state index contributed by atoms with van der Waals surface area (Å²) in [6.07, 6.45) is 3.69. The number of hydrogen-bond acceptors (Lipinski definition) is 5. The summed E-state index contributed by atoms with van der Waals surface area (Å²) < 4.78 is 13.7. The number of ether oxygens (including phenoxy) is 2. The van der Waals surface area contributed by atoms with Gasteiger partial charge in [-0.15, -0.1) is 40.8 Å². The van der Waals surface area contributed by atoms with Crippen LogP contribution in [0.15, 0.2) is 35.8 Å². The predicted octanol–water partition coefficient (Wildman–Crippen LogP) is 4.30. The van der Waals surface area contributed by atoms with Crippen LogP contribution in [0, 0.1) is 6.92 Å². The normalized spacial score (nSPS) is 12.0. The van der Waals surface area contributed by atoms with Crippen molar-refractivity contribution in [1.29, 1.82) is 0 Å². The van der Waals surface area contributed by atoms with Gasteiger partial charge in [0.25, 0.3) is 0 Å². The first-order valence-electron chi connectivity index (χ1n) is 10.9. The van der Waals surface area contributed by atoms with Crippen LogP contribution >= 0.6 is 24.0 Å². The molecule has 8 nitrogen and oxygen atoms in total. The Morgan fingerprint density at radius 3 is 2.47 bits per heavy atom. The first-order chi connectivity index (χ1) is 15.0. The Kier molecular flexibility index (Phi) is 12.7. The molecule has 2 rings (SSSR count). The zero-order chi connectivity index (χ0) is 22.6. The Balaban J connectivity index is 0.00000512. The van der Waals surface area contributed by atoms with Crippen molar-refractivity contribution in [3.63, 3.8) is 0 Å². The summed E-state index contributed by atoms with van der Waals surface area (Å²) in [5.74, 6) is 3.89. The van der Waals surface area contributed by atoms with Gasteiger partial charge in [-0.05, 0) is 44.4 Å². The fraction of sp³-hybridized carbons (Fsp3) is 0.522. The highest BCUT2D eigenvalue weighted by atomic mass is 127. The third-order valence-electron chi connectivity index (χ3n) is 4.72. The average Bonchev–Trinajstić information content (AvgIpc) is 3.10. The lowest BCUT2D eigenvalue weighted by Crippen LogP contribution is -2.39. The highest BCUT2D eigenvalue weighted by Crippen LogP contribution is 2.31. The van der Waals surface area contributed by atoms with Crippen molar-refractivity contribution < 1.29 is 9.47 Å². The van der Waals surface area contributed by atoms with Gasteiger partial charge in [0.1, 0.15) is 12.4 Å². The van der Waals surface area contributed by atoms with Crippen molar-refractivity contribution in [3.8, 4) is 11.5 Å². The fourth-order valence-electron chi connectivity index (χ4n) is 2.80. The molecule has 2 aromatic rings. The maximum absolute atomic E-state index is 5.94. The van der Waals surface area contributed by atoms with E-state index in [0.29, 0.717) is 32.3 Å². The lowest BCUT2D eigenvalue weighted by atomic mass is 10.1. The van der Waals surface area contributed by atoms with E-state index in [1.807, 2.05) is 30.7 Å². The highest BCUT2D eigenvalue weighted by Gasteiger charge is 2.13. The number of guanidine groups is 1. The Labute approximate surface area is 208 Å². The van der Waals surface area contributed by atoms with Gasteiger partial charge in [0.2, 0.25) is 0 Å². The van der Waals surface area contributed by atoms with Crippen molar-refractivity contribution in [2.45, 2.75) is 53.1 Å². The lowest BCUT2D eigenvalue weighted by molar-refractivity contribution is 0.268. The van der Waals surface area contributed by atoms with Crippen LogP contribution in [-0.4, -0.2) is 40.5 Å². The molecule has 178 valence electrons. The van der Waals surface area contributed by atoms with E-state index >= 15 is 0 Å². The van der Waals surface area contributed by atoms with Crippen molar-refractivity contribution in [2.24, 2.45) is 12.0 Å². The van der Waals surface area contributed by atoms with Crippen LogP contribution in [0.4, 0.5) is 0 Å². The number of rotatable bonds is 12. The minimum Gasteiger partial charge on any atom is -0.490 e. The zero-order valence-corrected chi connectivity index (χ0v) is 22.2. The monoisotopic (exact) mass is 556 g/mol. The summed E-state index contributed by atoms with van der Waals surface area (Å²) in [6.45, 7) is 14.3. The van der Waals surface area contributed by atoms with Crippen molar-refractivity contribution in [2.75, 3.05) is 19.8 Å². The number of aliphatic imine (C=N–C) groups is 1. The number of nitrogens with zero attached hydrogens (tertiary/aromatic N) is 4. The van der Waals surface area contributed by atoms with Gasteiger partial charge in [0.05, 0.1) is 19.3 Å². The van der Waals surface area contributed by atoms with Crippen molar-refractivity contribution >= 4 is 29.9 Å². The number of nitrogens with one attached hydrogen (secondary N) is 2. The van der Waals surface area contributed by atoms with E-state index in [1.165, 1.54) is 0 Å². The Morgan fingerprint density at radius 1 is 1.19 bits per heavy atom. The SMILES string of the molecule is C=CCNC(=NCc1nnc(C)n1C)NC(C)c1ccc(OCCC)c(OCCC)c1.I. The zero-order valence-electron chi connectivity index (χ0n) is 19.9. The molecule has 9 heteroatoms. The van der Waals surface area contributed by atoms with Crippen LogP contribution in [0.1, 0.15) is 56.9 Å². The molecule has 0 fully saturated rings. The molecule has 1 aromatic carbocycles. The molecule has 0 aliphatic heterocycles. The van der Waals surface area contributed by atoms with Gasteiger partial charge < -0.3 is 24.7 Å². The van der Waals surface area contributed by atoms with E-state index < -0.39 is 0 Å². The second-order valence-electron chi connectivity index (χ2n) is 7.33. The van der Waals surface area contributed by atoms with Gasteiger partial charge in [0, 0.05) is 13.6 Å². The summed E-state index contributed by atoms with van der Waals surface area (Å²) in [5, 5.41) is 15.0. The third-order valence-corrected chi connectivity index (χ3v) is 4.72. The number of aryl methyl sites for hydroxylation is 1. The van der Waals surface area contributed by atoms with Crippen LogP contribution in [0.3, 0.4) is 0 Å². The summed E-state index contributed by atoms with van der Waals surface area (Å²) in [5.41, 5.74) is 1.08. The molecule has 0 bridgehead atoms. The van der Waals surface area contributed by atoms with E-state index in [4.69, 9.17) is 9.47 Å². The quantitative estimate of drug-likeness (QED) is 0.176. The molecule has 32 heavy (non-hydrogen) atoms. The number of aromatic nitrogens is 3. The van der Waals surface area contributed by atoms with Gasteiger partial charge in [-0.3, -0.25) is 0 Å². The van der Waals surface area contributed by atoms with E-state index in [9.17, 15) is 0 Å². The highest BCUT2D eigenvalue weighted by molar-refractivity contribution is 14.0. The number of hydrogen-bond donors (Lipinski definition) is 2. The smallest absolute Gasteiger partial charge is 0.192 e.